The smallest absolute Gasteiger partial charge is 0.230 e. The maximum Gasteiger partial charge on any atom is 0.230 e. The zero-order chi connectivity index (χ0) is 18.1. The number of piperazine rings is 1. The molecule has 0 unspecified atom stereocenters. The van der Waals surface area contributed by atoms with Gasteiger partial charge in [0.15, 0.2) is 0 Å². The number of fused-ring (bicyclic) bond motifs is 1. The number of rotatable bonds is 4. The first-order valence-corrected chi connectivity index (χ1v) is 9.18. The van der Waals surface area contributed by atoms with Crippen LogP contribution in [0.1, 0.15) is 33.9 Å². The topological polar surface area (TPSA) is 58.6 Å². The summed E-state index contributed by atoms with van der Waals surface area (Å²) in [5.41, 5.74) is 3.71. The van der Waals surface area contributed by atoms with Crippen molar-refractivity contribution in [3.05, 3.63) is 46.9 Å². The standard InChI is InChI=1S/C20H24N4O2/c1-23-9-11-24(12-10-23)15-6-3-5-14(13-15)18(25)19-21-17-8-4-7-16(17)20(22-19)26-2/h3,5-6,13H,4,7-12H2,1-2H3. The summed E-state index contributed by atoms with van der Waals surface area (Å²) in [5, 5.41) is 0. The van der Waals surface area contributed by atoms with E-state index in [0.29, 0.717) is 11.4 Å². The second kappa shape index (κ2) is 7.03. The Bertz CT molecular complexity index is 829. The summed E-state index contributed by atoms with van der Waals surface area (Å²) in [4.78, 5) is 26.5. The van der Waals surface area contributed by atoms with Gasteiger partial charge in [-0.1, -0.05) is 12.1 Å². The molecule has 0 amide bonds. The molecule has 136 valence electrons. The lowest BCUT2D eigenvalue weighted by molar-refractivity contribution is 0.102. The lowest BCUT2D eigenvalue weighted by Gasteiger charge is -2.34. The van der Waals surface area contributed by atoms with E-state index in [9.17, 15) is 4.79 Å². The number of hydrogen-bond donors (Lipinski definition) is 0. The molecular weight excluding hydrogens is 328 g/mol. The van der Waals surface area contributed by atoms with Crippen molar-refractivity contribution >= 4 is 11.5 Å². The van der Waals surface area contributed by atoms with E-state index in [4.69, 9.17) is 4.74 Å². The van der Waals surface area contributed by atoms with Gasteiger partial charge in [0.2, 0.25) is 17.5 Å². The molecule has 26 heavy (non-hydrogen) atoms. The van der Waals surface area contributed by atoms with Crippen LogP contribution in [0.25, 0.3) is 0 Å². The Morgan fingerprint density at radius 1 is 1.12 bits per heavy atom. The minimum absolute atomic E-state index is 0.144. The van der Waals surface area contributed by atoms with Gasteiger partial charge in [0.1, 0.15) is 0 Å². The van der Waals surface area contributed by atoms with E-state index in [1.807, 2.05) is 18.2 Å². The monoisotopic (exact) mass is 352 g/mol. The second-order valence-corrected chi connectivity index (χ2v) is 7.01. The lowest BCUT2D eigenvalue weighted by Crippen LogP contribution is -2.44. The van der Waals surface area contributed by atoms with Gasteiger partial charge in [-0.25, -0.2) is 4.98 Å². The van der Waals surface area contributed by atoms with E-state index in [1.54, 1.807) is 7.11 Å². The number of hydrogen-bond acceptors (Lipinski definition) is 6. The predicted molar refractivity (Wildman–Crippen MR) is 100 cm³/mol. The van der Waals surface area contributed by atoms with Crippen molar-refractivity contribution < 1.29 is 9.53 Å². The Kier molecular flexibility index (Phi) is 4.59. The molecule has 0 bridgehead atoms. The molecule has 1 aromatic heterocycles. The second-order valence-electron chi connectivity index (χ2n) is 7.01. The third-order valence-electron chi connectivity index (χ3n) is 5.27. The average Bonchev–Trinajstić information content (AvgIpc) is 3.16. The fourth-order valence-corrected chi connectivity index (χ4v) is 3.71. The molecule has 6 nitrogen and oxygen atoms in total. The molecule has 0 saturated carbocycles. The van der Waals surface area contributed by atoms with Crippen LogP contribution in [0.15, 0.2) is 24.3 Å². The lowest BCUT2D eigenvalue weighted by atomic mass is 10.1. The van der Waals surface area contributed by atoms with Crippen molar-refractivity contribution in [2.75, 3.05) is 45.2 Å². The van der Waals surface area contributed by atoms with E-state index in [2.05, 4.69) is 32.9 Å². The Morgan fingerprint density at radius 3 is 2.69 bits per heavy atom. The number of anilines is 1. The van der Waals surface area contributed by atoms with Gasteiger partial charge >= 0.3 is 0 Å². The fourth-order valence-electron chi connectivity index (χ4n) is 3.71. The molecule has 0 radical (unpaired) electrons. The summed E-state index contributed by atoms with van der Waals surface area (Å²) in [6.07, 6.45) is 2.85. The normalized spacial score (nSPS) is 17.2. The Balaban J connectivity index is 1.62. The van der Waals surface area contributed by atoms with Gasteiger partial charge in [-0.15, -0.1) is 0 Å². The first-order valence-electron chi connectivity index (χ1n) is 9.18. The third kappa shape index (κ3) is 3.17. The van der Waals surface area contributed by atoms with E-state index in [-0.39, 0.29) is 11.6 Å². The fraction of sp³-hybridized carbons (Fsp3) is 0.450. The zero-order valence-corrected chi connectivity index (χ0v) is 15.4. The summed E-state index contributed by atoms with van der Waals surface area (Å²) in [5.74, 6) is 0.637. The number of benzene rings is 1. The summed E-state index contributed by atoms with van der Waals surface area (Å²) in [7, 11) is 3.74. The van der Waals surface area contributed by atoms with E-state index in [0.717, 1.165) is 62.4 Å². The maximum atomic E-state index is 13.0. The molecule has 1 fully saturated rings. The molecule has 1 aliphatic carbocycles. The summed E-state index contributed by atoms with van der Waals surface area (Å²) < 4.78 is 5.40. The van der Waals surface area contributed by atoms with Gasteiger partial charge < -0.3 is 14.5 Å². The molecule has 0 spiro atoms. The quantitative estimate of drug-likeness (QED) is 0.784. The molecule has 1 saturated heterocycles. The molecule has 1 aromatic carbocycles. The molecule has 2 heterocycles. The van der Waals surface area contributed by atoms with Gasteiger partial charge in [-0.05, 0) is 38.4 Å². The number of likely N-dealkylation sites (N-methyl/N-ethyl adjacent to an activating group) is 1. The largest absolute Gasteiger partial charge is 0.481 e. The summed E-state index contributed by atoms with van der Waals surface area (Å²) in [6.45, 7) is 4.00. The predicted octanol–water partition coefficient (Wildman–Crippen LogP) is 1.96. The van der Waals surface area contributed by atoms with Crippen molar-refractivity contribution in [1.82, 2.24) is 14.9 Å². The minimum Gasteiger partial charge on any atom is -0.481 e. The van der Waals surface area contributed by atoms with Crippen LogP contribution < -0.4 is 9.64 Å². The summed E-state index contributed by atoms with van der Waals surface area (Å²) >= 11 is 0. The zero-order valence-electron chi connectivity index (χ0n) is 15.4. The van der Waals surface area contributed by atoms with Crippen LogP contribution in [0.4, 0.5) is 5.69 Å². The third-order valence-corrected chi connectivity index (χ3v) is 5.27. The van der Waals surface area contributed by atoms with Crippen molar-refractivity contribution in [3.8, 4) is 5.88 Å². The van der Waals surface area contributed by atoms with Gasteiger partial charge in [0, 0.05) is 43.0 Å². The number of aromatic nitrogens is 2. The molecule has 6 heteroatoms. The highest BCUT2D eigenvalue weighted by atomic mass is 16.5. The SMILES string of the molecule is COc1nc(C(=O)c2cccc(N3CCN(C)CC3)c2)nc2c1CCC2. The molecule has 0 atom stereocenters. The van der Waals surface area contributed by atoms with Crippen molar-refractivity contribution in [1.29, 1.82) is 0 Å². The Labute approximate surface area is 153 Å². The number of carbonyl (C=O) groups is 1. The minimum atomic E-state index is -0.144. The molecule has 1 aliphatic heterocycles. The van der Waals surface area contributed by atoms with Gasteiger partial charge in [0.25, 0.3) is 0 Å². The number of aryl methyl sites for hydroxylation is 1. The van der Waals surface area contributed by atoms with Crippen LogP contribution in [0.5, 0.6) is 5.88 Å². The number of methoxy groups -OCH3 is 1. The van der Waals surface area contributed by atoms with Gasteiger partial charge in [-0.3, -0.25) is 4.79 Å². The molecular formula is C20H24N4O2. The van der Waals surface area contributed by atoms with Crippen LogP contribution in [0.2, 0.25) is 0 Å². The summed E-state index contributed by atoms with van der Waals surface area (Å²) in [6, 6.07) is 7.79. The van der Waals surface area contributed by atoms with Gasteiger partial charge in [-0.2, -0.15) is 4.98 Å². The maximum absolute atomic E-state index is 13.0. The molecule has 0 N–H and O–H groups in total. The van der Waals surface area contributed by atoms with Crippen LogP contribution in [0, 0.1) is 0 Å². The van der Waals surface area contributed by atoms with Crippen LogP contribution in [-0.4, -0.2) is 61.0 Å². The number of nitrogens with zero attached hydrogens (tertiary/aromatic N) is 4. The Morgan fingerprint density at radius 2 is 1.92 bits per heavy atom. The number of carbonyl (C=O) groups excluding carboxylic acids is 1. The van der Waals surface area contributed by atoms with Crippen LogP contribution in [-0.2, 0) is 12.8 Å². The average molecular weight is 352 g/mol. The van der Waals surface area contributed by atoms with Crippen LogP contribution >= 0.6 is 0 Å². The molecule has 2 aliphatic rings. The molecule has 4 rings (SSSR count). The van der Waals surface area contributed by atoms with Crippen molar-refractivity contribution in [3.63, 3.8) is 0 Å². The van der Waals surface area contributed by atoms with E-state index in [1.165, 1.54) is 0 Å². The first-order chi connectivity index (χ1) is 12.7. The number of ether oxygens (including phenoxy) is 1. The van der Waals surface area contributed by atoms with Crippen LogP contribution in [0.3, 0.4) is 0 Å². The van der Waals surface area contributed by atoms with Gasteiger partial charge in [0.05, 0.1) is 12.8 Å². The number of ketones is 1. The Hall–Kier alpha value is -2.47. The highest BCUT2D eigenvalue weighted by molar-refractivity contribution is 6.07. The van der Waals surface area contributed by atoms with Crippen molar-refractivity contribution in [2.45, 2.75) is 19.3 Å². The first kappa shape index (κ1) is 17.0. The van der Waals surface area contributed by atoms with Crippen molar-refractivity contribution in [2.24, 2.45) is 0 Å². The van der Waals surface area contributed by atoms with E-state index < -0.39 is 0 Å². The highest BCUT2D eigenvalue weighted by Gasteiger charge is 2.24. The van der Waals surface area contributed by atoms with E-state index >= 15 is 0 Å². The molecule has 2 aromatic rings. The highest BCUT2D eigenvalue weighted by Crippen LogP contribution is 2.28.